The van der Waals surface area contributed by atoms with Gasteiger partial charge in [0.1, 0.15) is 6.61 Å². The Hall–Kier alpha value is -2.68. The third-order valence-electron chi connectivity index (χ3n) is 3.48. The largest absolute Gasteiger partial charge is 0.377 e. The van der Waals surface area contributed by atoms with E-state index in [2.05, 4.69) is 23.1 Å². The van der Waals surface area contributed by atoms with Crippen LogP contribution in [0.4, 0.5) is 0 Å². The molecule has 1 amide bonds. The summed E-state index contributed by atoms with van der Waals surface area (Å²) in [6.45, 7) is 5.41. The number of amides is 1. The fraction of sp³-hybridized carbons (Fsp3) is 0.455. The number of ether oxygens (including phenoxy) is 4. The van der Waals surface area contributed by atoms with E-state index in [-0.39, 0.29) is 11.7 Å². The zero-order chi connectivity index (χ0) is 21.2. The van der Waals surface area contributed by atoms with E-state index in [1.165, 1.54) is 0 Å². The van der Waals surface area contributed by atoms with Gasteiger partial charge < -0.3 is 24.3 Å². The highest BCUT2D eigenvalue weighted by Gasteiger charge is 2.07. The van der Waals surface area contributed by atoms with Gasteiger partial charge in [-0.05, 0) is 37.1 Å². The Labute approximate surface area is 172 Å². The Morgan fingerprint density at radius 1 is 0.862 bits per heavy atom. The van der Waals surface area contributed by atoms with Crippen LogP contribution in [0.25, 0.3) is 0 Å². The van der Waals surface area contributed by atoms with Gasteiger partial charge in [0.05, 0.1) is 46.2 Å². The van der Waals surface area contributed by atoms with E-state index < -0.39 is 0 Å². The summed E-state index contributed by atoms with van der Waals surface area (Å²) in [5, 5.41) is 2.75. The van der Waals surface area contributed by atoms with Crippen LogP contribution in [-0.2, 0) is 18.9 Å². The van der Waals surface area contributed by atoms with Gasteiger partial charge in [-0.15, -0.1) is 6.42 Å². The molecule has 0 atom stereocenters. The number of rotatable bonds is 15. The number of nitrogens with one attached hydrogen (secondary N) is 1. The summed E-state index contributed by atoms with van der Waals surface area (Å²) in [5.41, 5.74) is 0.931. The molecular weight excluding hydrogens is 374 g/mol. The van der Waals surface area contributed by atoms with Gasteiger partial charge >= 0.3 is 0 Å². The Balaban J connectivity index is 2.00. The van der Waals surface area contributed by atoms with E-state index in [0.717, 1.165) is 0 Å². The number of Topliss-reactive ketones (excluding diaryl/α,β-unsaturated/α-hetero) is 1. The summed E-state index contributed by atoms with van der Waals surface area (Å²) in [6, 6.07) is 6.36. The molecule has 0 aromatic heterocycles. The zero-order valence-corrected chi connectivity index (χ0v) is 16.7. The van der Waals surface area contributed by atoms with Crippen molar-refractivity contribution in [2.24, 2.45) is 0 Å². The molecule has 0 spiro atoms. The van der Waals surface area contributed by atoms with E-state index in [1.807, 2.05) is 0 Å². The predicted molar refractivity (Wildman–Crippen MR) is 109 cm³/mol. The summed E-state index contributed by atoms with van der Waals surface area (Å²) in [4.78, 5) is 23.7. The van der Waals surface area contributed by atoms with Crippen molar-refractivity contribution < 1.29 is 28.5 Å². The smallest absolute Gasteiger partial charge is 0.251 e. The van der Waals surface area contributed by atoms with Gasteiger partial charge in [0.2, 0.25) is 5.78 Å². The highest BCUT2D eigenvalue weighted by molar-refractivity contribution is 6.09. The molecule has 0 heterocycles. The molecule has 0 aliphatic carbocycles. The molecule has 0 aliphatic heterocycles. The summed E-state index contributed by atoms with van der Waals surface area (Å²) >= 11 is 0. The minimum absolute atomic E-state index is 0.228. The lowest BCUT2D eigenvalue weighted by atomic mass is 10.1. The molecule has 0 fully saturated rings. The number of hydrogen-bond acceptors (Lipinski definition) is 6. The minimum atomic E-state index is -0.268. The van der Waals surface area contributed by atoms with Gasteiger partial charge in [0.25, 0.3) is 5.91 Å². The predicted octanol–water partition coefficient (Wildman–Crippen LogP) is 1.32. The van der Waals surface area contributed by atoms with Crippen molar-refractivity contribution in [3.8, 4) is 24.2 Å². The van der Waals surface area contributed by atoms with Crippen LogP contribution in [0.3, 0.4) is 0 Å². The Morgan fingerprint density at radius 2 is 1.38 bits per heavy atom. The minimum Gasteiger partial charge on any atom is -0.377 e. The number of hydrogen-bond donors (Lipinski definition) is 1. The standard InChI is InChI=1S/C22H27NO6/c1-3-5-21(24)19-6-8-20(9-7-19)22(25)23-10-12-27-14-16-29-18-17-28-15-13-26-11-4-2/h2,6-9H,10-18H2,1H3,(H,23,25). The highest BCUT2D eigenvalue weighted by Crippen LogP contribution is 2.05. The summed E-state index contributed by atoms with van der Waals surface area (Å²) in [7, 11) is 0. The zero-order valence-electron chi connectivity index (χ0n) is 16.7. The van der Waals surface area contributed by atoms with Crippen LogP contribution < -0.4 is 5.32 Å². The van der Waals surface area contributed by atoms with Crippen molar-refractivity contribution in [2.45, 2.75) is 6.92 Å². The molecule has 0 radical (unpaired) electrons. The van der Waals surface area contributed by atoms with Crippen LogP contribution in [0.15, 0.2) is 24.3 Å². The topological polar surface area (TPSA) is 83.1 Å². The van der Waals surface area contributed by atoms with E-state index in [0.29, 0.717) is 70.5 Å². The normalized spacial score (nSPS) is 9.93. The first-order valence-corrected chi connectivity index (χ1v) is 9.28. The molecule has 0 saturated heterocycles. The molecule has 0 bridgehead atoms. The van der Waals surface area contributed by atoms with Crippen molar-refractivity contribution in [1.82, 2.24) is 5.32 Å². The molecule has 7 heteroatoms. The number of carbonyl (C=O) groups is 2. The van der Waals surface area contributed by atoms with Crippen LogP contribution in [0, 0.1) is 24.2 Å². The highest BCUT2D eigenvalue weighted by atomic mass is 16.6. The van der Waals surface area contributed by atoms with E-state index in [9.17, 15) is 9.59 Å². The van der Waals surface area contributed by atoms with Crippen LogP contribution in [-0.4, -0.2) is 71.1 Å². The van der Waals surface area contributed by atoms with Crippen molar-refractivity contribution in [2.75, 3.05) is 59.4 Å². The van der Waals surface area contributed by atoms with Crippen molar-refractivity contribution in [3.05, 3.63) is 35.4 Å². The second-order valence-corrected chi connectivity index (χ2v) is 5.63. The Bertz CT molecular complexity index is 712. The molecule has 1 N–H and O–H groups in total. The average Bonchev–Trinajstić information content (AvgIpc) is 2.74. The maximum atomic E-state index is 12.0. The van der Waals surface area contributed by atoms with Gasteiger partial charge in [-0.2, -0.15) is 0 Å². The van der Waals surface area contributed by atoms with E-state index in [1.54, 1.807) is 31.2 Å². The first-order chi connectivity index (χ1) is 14.2. The summed E-state index contributed by atoms with van der Waals surface area (Å²) in [6.07, 6.45) is 5.05. The maximum absolute atomic E-state index is 12.0. The second kappa shape index (κ2) is 16.3. The summed E-state index contributed by atoms with van der Waals surface area (Å²) < 4.78 is 21.1. The van der Waals surface area contributed by atoms with Crippen molar-refractivity contribution in [3.63, 3.8) is 0 Å². The van der Waals surface area contributed by atoms with Gasteiger partial charge in [-0.25, -0.2) is 0 Å². The van der Waals surface area contributed by atoms with Crippen molar-refractivity contribution >= 4 is 11.7 Å². The third kappa shape index (κ3) is 11.7. The molecule has 1 aromatic rings. The molecule has 156 valence electrons. The number of ketones is 1. The van der Waals surface area contributed by atoms with Gasteiger partial charge in [-0.1, -0.05) is 11.8 Å². The number of terminal acetylenes is 1. The van der Waals surface area contributed by atoms with Gasteiger partial charge in [0.15, 0.2) is 0 Å². The van der Waals surface area contributed by atoms with Crippen LogP contribution in [0.1, 0.15) is 27.6 Å². The molecule has 1 rings (SSSR count). The first kappa shape index (κ1) is 24.4. The second-order valence-electron chi connectivity index (χ2n) is 5.63. The van der Waals surface area contributed by atoms with Gasteiger partial charge in [0, 0.05) is 17.7 Å². The average molecular weight is 401 g/mol. The molecule has 0 saturated carbocycles. The maximum Gasteiger partial charge on any atom is 0.251 e. The number of benzene rings is 1. The van der Waals surface area contributed by atoms with Crippen LogP contribution in [0.5, 0.6) is 0 Å². The lowest BCUT2D eigenvalue weighted by Crippen LogP contribution is -2.27. The SMILES string of the molecule is C#CCOCCOCCOCCOCCNC(=O)c1ccc(C(=O)C#CC)cc1. The van der Waals surface area contributed by atoms with Crippen molar-refractivity contribution in [1.29, 1.82) is 0 Å². The molecule has 0 aliphatic rings. The fourth-order valence-electron chi connectivity index (χ4n) is 2.09. The number of carbonyl (C=O) groups excluding carboxylic acids is 2. The monoisotopic (exact) mass is 401 g/mol. The molecular formula is C22H27NO6. The van der Waals surface area contributed by atoms with E-state index >= 15 is 0 Å². The Kier molecular flexibility index (Phi) is 13.7. The molecule has 0 unspecified atom stereocenters. The Morgan fingerprint density at radius 3 is 1.93 bits per heavy atom. The lowest BCUT2D eigenvalue weighted by Gasteiger charge is -2.08. The molecule has 7 nitrogen and oxygen atoms in total. The van der Waals surface area contributed by atoms with Gasteiger partial charge in [-0.3, -0.25) is 9.59 Å². The lowest BCUT2D eigenvalue weighted by molar-refractivity contribution is 0.00176. The molecule has 29 heavy (non-hydrogen) atoms. The quantitative estimate of drug-likeness (QED) is 0.207. The van der Waals surface area contributed by atoms with Crippen LogP contribution >= 0.6 is 0 Å². The fourth-order valence-corrected chi connectivity index (χ4v) is 2.09. The van der Waals surface area contributed by atoms with E-state index in [4.69, 9.17) is 25.4 Å². The first-order valence-electron chi connectivity index (χ1n) is 9.28. The molecule has 1 aromatic carbocycles. The van der Waals surface area contributed by atoms with Crippen LogP contribution in [0.2, 0.25) is 0 Å². The summed E-state index contributed by atoms with van der Waals surface area (Å²) in [5.74, 6) is 6.89. The third-order valence-corrected chi connectivity index (χ3v) is 3.48.